The average Bonchev–Trinajstić information content (AvgIpc) is 2.47. The highest BCUT2D eigenvalue weighted by molar-refractivity contribution is 5.21. The van der Waals surface area contributed by atoms with Crippen molar-refractivity contribution in [2.24, 2.45) is 13.0 Å². The van der Waals surface area contributed by atoms with Crippen molar-refractivity contribution >= 4 is 0 Å². The van der Waals surface area contributed by atoms with E-state index < -0.39 is 0 Å². The van der Waals surface area contributed by atoms with Crippen molar-refractivity contribution in [1.82, 2.24) is 9.78 Å². The quantitative estimate of drug-likeness (QED) is 0.660. The Hall–Kier alpha value is -0.830. The number of rotatable bonds is 1. The molecule has 66 valence electrons. The highest BCUT2D eigenvalue weighted by atomic mass is 16.3. The summed E-state index contributed by atoms with van der Waals surface area (Å²) >= 11 is 0. The average molecular weight is 166 g/mol. The fourth-order valence-corrected chi connectivity index (χ4v) is 1.87. The molecule has 1 N–H and O–H groups in total. The predicted molar refractivity (Wildman–Crippen MR) is 45.8 cm³/mol. The molecule has 1 aliphatic rings. The van der Waals surface area contributed by atoms with Gasteiger partial charge in [0, 0.05) is 19.3 Å². The van der Waals surface area contributed by atoms with Gasteiger partial charge in [0.25, 0.3) is 0 Å². The minimum atomic E-state index is 0.310. The van der Waals surface area contributed by atoms with Gasteiger partial charge in [-0.05, 0) is 30.7 Å². The number of fused-ring (bicyclic) bond motifs is 1. The van der Waals surface area contributed by atoms with Crippen molar-refractivity contribution in [3.63, 3.8) is 0 Å². The van der Waals surface area contributed by atoms with Crippen LogP contribution in [0.2, 0.25) is 0 Å². The molecule has 0 radical (unpaired) electrons. The zero-order chi connectivity index (χ0) is 8.55. The van der Waals surface area contributed by atoms with Crippen LogP contribution in [0.5, 0.6) is 0 Å². The summed E-state index contributed by atoms with van der Waals surface area (Å²) in [6.07, 6.45) is 5.12. The van der Waals surface area contributed by atoms with Gasteiger partial charge in [-0.25, -0.2) is 0 Å². The smallest absolute Gasteiger partial charge is 0.0524 e. The third-order valence-electron chi connectivity index (χ3n) is 2.71. The first kappa shape index (κ1) is 7.80. The second-order valence-corrected chi connectivity index (χ2v) is 3.53. The van der Waals surface area contributed by atoms with Gasteiger partial charge in [0.2, 0.25) is 0 Å². The number of nitrogens with zero attached hydrogens (tertiary/aromatic N) is 2. The van der Waals surface area contributed by atoms with Gasteiger partial charge in [-0.3, -0.25) is 4.68 Å². The molecule has 0 unspecified atom stereocenters. The fraction of sp³-hybridized carbons (Fsp3) is 0.667. The molecule has 1 aliphatic carbocycles. The highest BCUT2D eigenvalue weighted by Gasteiger charge is 2.20. The summed E-state index contributed by atoms with van der Waals surface area (Å²) in [7, 11) is 1.97. The lowest BCUT2D eigenvalue weighted by atomic mass is 9.89. The first-order chi connectivity index (χ1) is 5.81. The molecular weight excluding hydrogens is 152 g/mol. The van der Waals surface area contributed by atoms with E-state index in [0.717, 1.165) is 19.3 Å². The number of hydrogen-bond acceptors (Lipinski definition) is 2. The first-order valence-corrected chi connectivity index (χ1v) is 4.42. The lowest BCUT2D eigenvalue weighted by Gasteiger charge is -2.20. The summed E-state index contributed by atoms with van der Waals surface area (Å²) in [5.41, 5.74) is 2.67. The third kappa shape index (κ3) is 1.14. The predicted octanol–water partition coefficient (Wildman–Crippen LogP) is 0.517. The van der Waals surface area contributed by atoms with E-state index in [4.69, 9.17) is 5.11 Å². The Morgan fingerprint density at radius 1 is 1.75 bits per heavy atom. The van der Waals surface area contributed by atoms with Gasteiger partial charge in [0.05, 0.1) is 6.20 Å². The van der Waals surface area contributed by atoms with Crippen LogP contribution < -0.4 is 0 Å². The van der Waals surface area contributed by atoms with Crippen LogP contribution in [0.3, 0.4) is 0 Å². The van der Waals surface area contributed by atoms with Crippen LogP contribution in [0, 0.1) is 5.92 Å². The van der Waals surface area contributed by atoms with Crippen molar-refractivity contribution in [2.45, 2.75) is 19.3 Å². The molecule has 0 spiro atoms. The Labute approximate surface area is 72.0 Å². The molecule has 2 rings (SSSR count). The molecule has 12 heavy (non-hydrogen) atoms. The summed E-state index contributed by atoms with van der Waals surface area (Å²) < 4.78 is 1.93. The molecule has 1 aromatic rings. The molecule has 0 aliphatic heterocycles. The van der Waals surface area contributed by atoms with Crippen LogP contribution in [0.15, 0.2) is 6.20 Å². The number of aliphatic hydroxyl groups is 1. The van der Waals surface area contributed by atoms with E-state index in [2.05, 4.69) is 5.10 Å². The van der Waals surface area contributed by atoms with Gasteiger partial charge < -0.3 is 5.11 Å². The van der Waals surface area contributed by atoms with Crippen molar-refractivity contribution < 1.29 is 5.11 Å². The maximum atomic E-state index is 9.02. The Morgan fingerprint density at radius 3 is 3.33 bits per heavy atom. The number of hydrogen-bond donors (Lipinski definition) is 1. The van der Waals surface area contributed by atoms with Gasteiger partial charge in [0.1, 0.15) is 0 Å². The SMILES string of the molecule is Cn1ncc2c1C[C@@H](CO)CC2. The number of aryl methyl sites for hydroxylation is 2. The number of aromatic nitrogens is 2. The third-order valence-corrected chi connectivity index (χ3v) is 2.71. The lowest BCUT2D eigenvalue weighted by molar-refractivity contribution is 0.211. The van der Waals surface area contributed by atoms with Gasteiger partial charge in [-0.1, -0.05) is 0 Å². The van der Waals surface area contributed by atoms with E-state index in [0.29, 0.717) is 12.5 Å². The normalized spacial score (nSPS) is 22.3. The summed E-state index contributed by atoms with van der Waals surface area (Å²) in [6.45, 7) is 0.310. The maximum Gasteiger partial charge on any atom is 0.0524 e. The molecule has 3 heteroatoms. The Morgan fingerprint density at radius 2 is 2.58 bits per heavy atom. The van der Waals surface area contributed by atoms with E-state index in [-0.39, 0.29) is 0 Å². The van der Waals surface area contributed by atoms with Crippen LogP contribution in [0.25, 0.3) is 0 Å². The van der Waals surface area contributed by atoms with Crippen molar-refractivity contribution in [3.8, 4) is 0 Å². The molecule has 0 aromatic carbocycles. The van der Waals surface area contributed by atoms with E-state index in [9.17, 15) is 0 Å². The second kappa shape index (κ2) is 2.90. The zero-order valence-corrected chi connectivity index (χ0v) is 7.32. The minimum Gasteiger partial charge on any atom is -0.396 e. The zero-order valence-electron chi connectivity index (χ0n) is 7.32. The molecule has 0 bridgehead atoms. The van der Waals surface area contributed by atoms with Crippen LogP contribution in [0.1, 0.15) is 17.7 Å². The van der Waals surface area contributed by atoms with Crippen LogP contribution in [-0.4, -0.2) is 21.5 Å². The van der Waals surface area contributed by atoms with Gasteiger partial charge >= 0.3 is 0 Å². The summed E-state index contributed by atoms with van der Waals surface area (Å²) in [4.78, 5) is 0. The Kier molecular flexibility index (Phi) is 1.89. The second-order valence-electron chi connectivity index (χ2n) is 3.53. The summed E-state index contributed by atoms with van der Waals surface area (Å²) in [6, 6.07) is 0. The van der Waals surface area contributed by atoms with Gasteiger partial charge in [-0.15, -0.1) is 0 Å². The molecule has 0 amide bonds. The van der Waals surface area contributed by atoms with Gasteiger partial charge in [0.15, 0.2) is 0 Å². The van der Waals surface area contributed by atoms with Crippen LogP contribution in [-0.2, 0) is 19.9 Å². The molecule has 3 nitrogen and oxygen atoms in total. The molecular formula is C9H14N2O. The first-order valence-electron chi connectivity index (χ1n) is 4.42. The van der Waals surface area contributed by atoms with Crippen molar-refractivity contribution in [3.05, 3.63) is 17.5 Å². The van der Waals surface area contributed by atoms with E-state index in [1.807, 2.05) is 17.9 Å². The monoisotopic (exact) mass is 166 g/mol. The van der Waals surface area contributed by atoms with Crippen LogP contribution >= 0.6 is 0 Å². The van der Waals surface area contributed by atoms with Crippen molar-refractivity contribution in [1.29, 1.82) is 0 Å². The van der Waals surface area contributed by atoms with E-state index >= 15 is 0 Å². The Balaban J connectivity index is 2.26. The number of aliphatic hydroxyl groups excluding tert-OH is 1. The molecule has 0 fully saturated rings. The Bertz CT molecular complexity index is 280. The van der Waals surface area contributed by atoms with Crippen LogP contribution in [0.4, 0.5) is 0 Å². The fourth-order valence-electron chi connectivity index (χ4n) is 1.87. The largest absolute Gasteiger partial charge is 0.396 e. The summed E-state index contributed by atoms with van der Waals surface area (Å²) in [5.74, 6) is 0.452. The lowest BCUT2D eigenvalue weighted by Crippen LogP contribution is -2.18. The molecule has 0 saturated carbocycles. The molecule has 1 aromatic heterocycles. The molecule has 0 saturated heterocycles. The standard InChI is InChI=1S/C9H14N2O/c1-11-9-4-7(6-12)2-3-8(9)5-10-11/h5,7,12H,2-4,6H2,1H3/t7-/m0/s1. The van der Waals surface area contributed by atoms with Gasteiger partial charge in [-0.2, -0.15) is 5.10 Å². The van der Waals surface area contributed by atoms with Crippen molar-refractivity contribution in [2.75, 3.05) is 6.61 Å². The maximum absolute atomic E-state index is 9.02. The van der Waals surface area contributed by atoms with E-state index in [1.165, 1.54) is 11.3 Å². The van der Waals surface area contributed by atoms with E-state index in [1.54, 1.807) is 0 Å². The molecule has 1 heterocycles. The molecule has 1 atom stereocenters. The summed E-state index contributed by atoms with van der Waals surface area (Å²) in [5, 5.41) is 13.2. The topological polar surface area (TPSA) is 38.0 Å². The minimum absolute atomic E-state index is 0.310. The highest BCUT2D eigenvalue weighted by Crippen LogP contribution is 2.24.